The van der Waals surface area contributed by atoms with Crippen LogP contribution in [0.3, 0.4) is 0 Å². The standard InChI is InChI=1S/C24H26N2O6/c1-14(17-5-7-21-23(11-17)30-10-9-29-21)25-24(27)18-6-8-20(22(12-18)28-4)31-13-19-15(2)26-32-16(19)3/h5-8,11-12,14H,9-10,13H2,1-4H3,(H,25,27)/t14-/m0/s1. The molecule has 0 saturated heterocycles. The molecule has 168 valence electrons. The summed E-state index contributed by atoms with van der Waals surface area (Å²) in [6.45, 7) is 6.97. The Balaban J connectivity index is 1.44. The van der Waals surface area contributed by atoms with Gasteiger partial charge in [-0.3, -0.25) is 4.79 Å². The molecule has 0 saturated carbocycles. The van der Waals surface area contributed by atoms with Gasteiger partial charge in [0.15, 0.2) is 23.0 Å². The SMILES string of the molecule is COc1cc(C(=O)N[C@@H](C)c2ccc3c(c2)OCCO3)ccc1OCc1c(C)noc1C. The van der Waals surface area contributed by atoms with Gasteiger partial charge in [-0.1, -0.05) is 11.2 Å². The summed E-state index contributed by atoms with van der Waals surface area (Å²) in [5.41, 5.74) is 3.07. The fraction of sp³-hybridized carbons (Fsp3) is 0.333. The topological polar surface area (TPSA) is 92.1 Å². The number of carbonyl (C=O) groups is 1. The quantitative estimate of drug-likeness (QED) is 0.593. The zero-order valence-corrected chi connectivity index (χ0v) is 18.6. The minimum Gasteiger partial charge on any atom is -0.493 e. The van der Waals surface area contributed by atoms with E-state index in [2.05, 4.69) is 10.5 Å². The highest BCUT2D eigenvalue weighted by molar-refractivity contribution is 5.95. The zero-order chi connectivity index (χ0) is 22.7. The first-order valence-electron chi connectivity index (χ1n) is 10.4. The second-order valence-electron chi connectivity index (χ2n) is 7.56. The highest BCUT2D eigenvalue weighted by atomic mass is 16.6. The van der Waals surface area contributed by atoms with Crippen LogP contribution in [0.2, 0.25) is 0 Å². The molecule has 2 heterocycles. The number of nitrogens with zero attached hydrogens (tertiary/aromatic N) is 1. The van der Waals surface area contributed by atoms with E-state index in [4.69, 9.17) is 23.5 Å². The molecule has 32 heavy (non-hydrogen) atoms. The van der Waals surface area contributed by atoms with E-state index in [0.717, 1.165) is 22.6 Å². The van der Waals surface area contributed by atoms with Gasteiger partial charge in [0.25, 0.3) is 5.91 Å². The number of carbonyl (C=O) groups excluding carboxylic acids is 1. The molecule has 4 rings (SSSR count). The summed E-state index contributed by atoms with van der Waals surface area (Å²) in [6, 6.07) is 10.5. The molecule has 1 aliphatic heterocycles. The van der Waals surface area contributed by atoms with Gasteiger partial charge in [0, 0.05) is 5.56 Å². The van der Waals surface area contributed by atoms with Crippen molar-refractivity contribution < 1.29 is 28.3 Å². The van der Waals surface area contributed by atoms with E-state index in [1.165, 1.54) is 7.11 Å². The van der Waals surface area contributed by atoms with Gasteiger partial charge >= 0.3 is 0 Å². The largest absolute Gasteiger partial charge is 0.493 e. The van der Waals surface area contributed by atoms with Gasteiger partial charge in [-0.2, -0.15) is 0 Å². The maximum atomic E-state index is 12.8. The number of amides is 1. The van der Waals surface area contributed by atoms with Gasteiger partial charge in [0.1, 0.15) is 25.6 Å². The molecule has 3 aromatic rings. The third kappa shape index (κ3) is 4.49. The summed E-state index contributed by atoms with van der Waals surface area (Å²) in [5.74, 6) is 2.90. The van der Waals surface area contributed by atoms with Crippen molar-refractivity contribution in [3.63, 3.8) is 0 Å². The first-order chi connectivity index (χ1) is 15.5. The molecule has 1 aliphatic rings. The average Bonchev–Trinajstić information content (AvgIpc) is 3.14. The zero-order valence-electron chi connectivity index (χ0n) is 18.6. The number of aryl methyl sites for hydroxylation is 2. The van der Waals surface area contributed by atoms with Gasteiger partial charge in [-0.15, -0.1) is 0 Å². The van der Waals surface area contributed by atoms with Crippen molar-refractivity contribution in [2.24, 2.45) is 0 Å². The van der Waals surface area contributed by atoms with Gasteiger partial charge < -0.3 is 28.8 Å². The molecule has 8 heteroatoms. The Morgan fingerprint density at radius 2 is 1.88 bits per heavy atom. The molecule has 1 amide bonds. The second-order valence-corrected chi connectivity index (χ2v) is 7.56. The predicted molar refractivity (Wildman–Crippen MR) is 117 cm³/mol. The van der Waals surface area contributed by atoms with Gasteiger partial charge in [-0.05, 0) is 56.7 Å². The Kier molecular flexibility index (Phi) is 6.20. The van der Waals surface area contributed by atoms with Gasteiger partial charge in [0.2, 0.25) is 0 Å². The van der Waals surface area contributed by atoms with Gasteiger partial charge in [0.05, 0.1) is 24.4 Å². The minimum atomic E-state index is -0.222. The third-order valence-electron chi connectivity index (χ3n) is 5.39. The Morgan fingerprint density at radius 3 is 2.59 bits per heavy atom. The Labute approximate surface area is 186 Å². The molecule has 0 spiro atoms. The monoisotopic (exact) mass is 438 g/mol. The van der Waals surface area contributed by atoms with Crippen molar-refractivity contribution in [2.45, 2.75) is 33.4 Å². The number of benzene rings is 2. The van der Waals surface area contributed by atoms with Crippen molar-refractivity contribution in [3.8, 4) is 23.0 Å². The lowest BCUT2D eigenvalue weighted by molar-refractivity contribution is 0.0939. The fourth-order valence-corrected chi connectivity index (χ4v) is 3.48. The minimum absolute atomic E-state index is 0.219. The molecule has 0 unspecified atom stereocenters. The smallest absolute Gasteiger partial charge is 0.251 e. The first-order valence-corrected chi connectivity index (χ1v) is 10.4. The number of ether oxygens (including phenoxy) is 4. The molecule has 1 N–H and O–H groups in total. The highest BCUT2D eigenvalue weighted by Gasteiger charge is 2.18. The van der Waals surface area contributed by atoms with E-state index in [9.17, 15) is 4.79 Å². The molecule has 0 aliphatic carbocycles. The lowest BCUT2D eigenvalue weighted by Crippen LogP contribution is -2.27. The number of hydrogen-bond acceptors (Lipinski definition) is 7. The summed E-state index contributed by atoms with van der Waals surface area (Å²) in [4.78, 5) is 12.8. The second kappa shape index (κ2) is 9.21. The summed E-state index contributed by atoms with van der Waals surface area (Å²) < 4.78 is 27.7. The van der Waals surface area contributed by atoms with Crippen molar-refractivity contribution in [3.05, 3.63) is 64.5 Å². The van der Waals surface area contributed by atoms with E-state index < -0.39 is 0 Å². The van der Waals surface area contributed by atoms with Crippen LogP contribution in [0.1, 0.15) is 45.9 Å². The summed E-state index contributed by atoms with van der Waals surface area (Å²) >= 11 is 0. The maximum absolute atomic E-state index is 12.8. The van der Waals surface area contributed by atoms with Crippen molar-refractivity contribution in [1.29, 1.82) is 0 Å². The van der Waals surface area contributed by atoms with Crippen LogP contribution in [0.25, 0.3) is 0 Å². The van der Waals surface area contributed by atoms with E-state index in [1.807, 2.05) is 39.0 Å². The molecule has 1 atom stereocenters. The predicted octanol–water partition coefficient (Wildman–Crippen LogP) is 4.14. The normalized spacial score (nSPS) is 13.4. The summed E-state index contributed by atoms with van der Waals surface area (Å²) in [7, 11) is 1.54. The summed E-state index contributed by atoms with van der Waals surface area (Å²) in [6.07, 6.45) is 0. The highest BCUT2D eigenvalue weighted by Crippen LogP contribution is 2.33. The van der Waals surface area contributed by atoms with Crippen LogP contribution in [-0.4, -0.2) is 31.4 Å². The molecular weight excluding hydrogens is 412 g/mol. The Bertz CT molecular complexity index is 1100. The molecule has 0 bridgehead atoms. The van der Waals surface area contributed by atoms with E-state index in [-0.39, 0.29) is 11.9 Å². The molecule has 1 aromatic heterocycles. The van der Waals surface area contributed by atoms with E-state index in [1.54, 1.807) is 18.2 Å². The lowest BCUT2D eigenvalue weighted by Gasteiger charge is -2.21. The Hall–Kier alpha value is -3.68. The van der Waals surface area contributed by atoms with Crippen molar-refractivity contribution in [1.82, 2.24) is 10.5 Å². The number of nitrogens with one attached hydrogen (secondary N) is 1. The fourth-order valence-electron chi connectivity index (χ4n) is 3.48. The van der Waals surface area contributed by atoms with Crippen LogP contribution in [-0.2, 0) is 6.61 Å². The molecule has 0 radical (unpaired) electrons. The number of aromatic nitrogens is 1. The molecule has 2 aromatic carbocycles. The molecule has 8 nitrogen and oxygen atoms in total. The number of methoxy groups -OCH3 is 1. The lowest BCUT2D eigenvalue weighted by atomic mass is 10.1. The maximum Gasteiger partial charge on any atom is 0.251 e. The third-order valence-corrected chi connectivity index (χ3v) is 5.39. The number of fused-ring (bicyclic) bond motifs is 1. The van der Waals surface area contributed by atoms with E-state index in [0.29, 0.717) is 48.4 Å². The van der Waals surface area contributed by atoms with Crippen LogP contribution in [0, 0.1) is 13.8 Å². The van der Waals surface area contributed by atoms with Crippen molar-refractivity contribution in [2.75, 3.05) is 20.3 Å². The van der Waals surface area contributed by atoms with Crippen LogP contribution < -0.4 is 24.3 Å². The van der Waals surface area contributed by atoms with Crippen LogP contribution in [0.4, 0.5) is 0 Å². The molecule has 0 fully saturated rings. The van der Waals surface area contributed by atoms with Crippen LogP contribution in [0.15, 0.2) is 40.9 Å². The van der Waals surface area contributed by atoms with Gasteiger partial charge in [-0.25, -0.2) is 0 Å². The number of hydrogen-bond donors (Lipinski definition) is 1. The van der Waals surface area contributed by atoms with Crippen LogP contribution >= 0.6 is 0 Å². The number of rotatable bonds is 7. The van der Waals surface area contributed by atoms with Crippen LogP contribution in [0.5, 0.6) is 23.0 Å². The first kappa shape index (κ1) is 21.5. The van der Waals surface area contributed by atoms with E-state index >= 15 is 0 Å². The summed E-state index contributed by atoms with van der Waals surface area (Å²) in [5, 5.41) is 6.94. The van der Waals surface area contributed by atoms with Crippen molar-refractivity contribution >= 4 is 5.91 Å². The Morgan fingerprint density at radius 1 is 1.09 bits per heavy atom. The molecular formula is C24H26N2O6. The average molecular weight is 438 g/mol.